The molecule has 118 valence electrons. The maximum absolute atomic E-state index is 5.42. The van der Waals surface area contributed by atoms with Crippen LogP contribution in [0.3, 0.4) is 0 Å². The SMILES string of the molecule is Cn1cc(C2CCCN2Cc2nc(-c3cccnc3)no2)cn1. The highest BCUT2D eigenvalue weighted by Gasteiger charge is 2.28. The van der Waals surface area contributed by atoms with Crippen molar-refractivity contribution in [3.8, 4) is 11.4 Å². The molecular formula is C16H18N6O. The first-order valence-electron chi connectivity index (χ1n) is 7.75. The van der Waals surface area contributed by atoms with Gasteiger partial charge in [-0.3, -0.25) is 14.6 Å². The lowest BCUT2D eigenvalue weighted by Crippen LogP contribution is -2.22. The summed E-state index contributed by atoms with van der Waals surface area (Å²) in [6.45, 7) is 1.69. The number of rotatable bonds is 4. The van der Waals surface area contributed by atoms with Gasteiger partial charge in [0.05, 0.1) is 12.7 Å². The molecule has 1 fully saturated rings. The van der Waals surface area contributed by atoms with Crippen molar-refractivity contribution in [1.29, 1.82) is 0 Å². The molecule has 0 amide bonds. The van der Waals surface area contributed by atoms with E-state index in [1.807, 2.05) is 30.1 Å². The van der Waals surface area contributed by atoms with Gasteiger partial charge in [-0.25, -0.2) is 0 Å². The molecule has 23 heavy (non-hydrogen) atoms. The smallest absolute Gasteiger partial charge is 0.241 e. The zero-order chi connectivity index (χ0) is 15.6. The molecule has 4 rings (SSSR count). The Hall–Kier alpha value is -2.54. The molecule has 0 aromatic carbocycles. The van der Waals surface area contributed by atoms with Crippen molar-refractivity contribution in [1.82, 2.24) is 29.8 Å². The van der Waals surface area contributed by atoms with Crippen molar-refractivity contribution in [2.75, 3.05) is 6.54 Å². The summed E-state index contributed by atoms with van der Waals surface area (Å²) in [6.07, 6.45) is 9.80. The van der Waals surface area contributed by atoms with Crippen LogP contribution in [-0.2, 0) is 13.6 Å². The predicted octanol–water partition coefficient (Wildman–Crippen LogP) is 2.20. The van der Waals surface area contributed by atoms with Gasteiger partial charge in [-0.05, 0) is 31.5 Å². The first-order chi connectivity index (χ1) is 11.3. The second-order valence-electron chi connectivity index (χ2n) is 5.83. The number of pyridine rings is 1. The number of nitrogens with zero attached hydrogens (tertiary/aromatic N) is 6. The lowest BCUT2D eigenvalue weighted by atomic mass is 10.1. The van der Waals surface area contributed by atoms with Gasteiger partial charge in [-0.2, -0.15) is 10.1 Å². The van der Waals surface area contributed by atoms with Crippen molar-refractivity contribution in [3.63, 3.8) is 0 Å². The summed E-state index contributed by atoms with van der Waals surface area (Å²) < 4.78 is 7.27. The average molecular weight is 310 g/mol. The molecule has 0 spiro atoms. The Morgan fingerprint density at radius 3 is 3.09 bits per heavy atom. The third-order valence-electron chi connectivity index (χ3n) is 4.20. The van der Waals surface area contributed by atoms with Crippen molar-refractivity contribution < 1.29 is 4.52 Å². The van der Waals surface area contributed by atoms with E-state index in [1.165, 1.54) is 12.0 Å². The highest BCUT2D eigenvalue weighted by Crippen LogP contribution is 2.32. The molecule has 7 heteroatoms. The lowest BCUT2D eigenvalue weighted by Gasteiger charge is -2.21. The highest BCUT2D eigenvalue weighted by atomic mass is 16.5. The molecule has 1 unspecified atom stereocenters. The van der Waals surface area contributed by atoms with E-state index in [0.29, 0.717) is 24.3 Å². The van der Waals surface area contributed by atoms with Crippen LogP contribution in [0.15, 0.2) is 41.4 Å². The van der Waals surface area contributed by atoms with Gasteiger partial charge in [0.1, 0.15) is 0 Å². The van der Waals surface area contributed by atoms with Gasteiger partial charge < -0.3 is 4.52 Å². The van der Waals surface area contributed by atoms with Gasteiger partial charge in [0.2, 0.25) is 11.7 Å². The number of hydrogen-bond acceptors (Lipinski definition) is 6. The summed E-state index contributed by atoms with van der Waals surface area (Å²) in [5.74, 6) is 1.23. The van der Waals surface area contributed by atoms with Gasteiger partial charge in [0, 0.05) is 42.8 Å². The van der Waals surface area contributed by atoms with E-state index in [2.05, 4.69) is 31.3 Å². The van der Waals surface area contributed by atoms with Crippen LogP contribution < -0.4 is 0 Å². The third-order valence-corrected chi connectivity index (χ3v) is 4.20. The first-order valence-corrected chi connectivity index (χ1v) is 7.75. The molecule has 0 bridgehead atoms. The predicted molar refractivity (Wildman–Crippen MR) is 83.1 cm³/mol. The molecule has 0 radical (unpaired) electrons. The van der Waals surface area contributed by atoms with E-state index in [0.717, 1.165) is 18.5 Å². The number of aryl methyl sites for hydroxylation is 1. The minimum absolute atomic E-state index is 0.373. The molecule has 3 aromatic heterocycles. The standard InChI is InChI=1S/C16H18N6O/c1-21-10-13(9-18-21)14-5-3-7-22(14)11-15-19-16(20-23-15)12-4-2-6-17-8-12/h2,4,6,8-10,14H,3,5,7,11H2,1H3. The Morgan fingerprint density at radius 1 is 1.35 bits per heavy atom. The number of aromatic nitrogens is 5. The fourth-order valence-corrected chi connectivity index (χ4v) is 3.11. The zero-order valence-electron chi connectivity index (χ0n) is 13.0. The Kier molecular flexibility index (Phi) is 3.63. The second kappa shape index (κ2) is 5.92. The topological polar surface area (TPSA) is 72.9 Å². The van der Waals surface area contributed by atoms with Crippen LogP contribution >= 0.6 is 0 Å². The zero-order valence-corrected chi connectivity index (χ0v) is 13.0. The van der Waals surface area contributed by atoms with Gasteiger partial charge in [0.15, 0.2) is 0 Å². The summed E-state index contributed by atoms with van der Waals surface area (Å²) in [6, 6.07) is 4.16. The average Bonchev–Trinajstić information content (AvgIpc) is 3.29. The van der Waals surface area contributed by atoms with Crippen LogP contribution in [0.5, 0.6) is 0 Å². The molecule has 4 heterocycles. The quantitative estimate of drug-likeness (QED) is 0.735. The summed E-state index contributed by atoms with van der Waals surface area (Å²) in [7, 11) is 1.95. The molecular weight excluding hydrogens is 292 g/mol. The molecule has 1 saturated heterocycles. The van der Waals surface area contributed by atoms with Crippen LogP contribution in [0.4, 0.5) is 0 Å². The van der Waals surface area contributed by atoms with Gasteiger partial charge in [-0.15, -0.1) is 0 Å². The van der Waals surface area contributed by atoms with Crippen molar-refractivity contribution in [2.24, 2.45) is 7.05 Å². The molecule has 1 aliphatic heterocycles. The van der Waals surface area contributed by atoms with Crippen LogP contribution in [0, 0.1) is 0 Å². The Labute approximate surface area is 134 Å². The molecule has 0 aliphatic carbocycles. The summed E-state index contributed by atoms with van der Waals surface area (Å²) in [5, 5.41) is 8.34. The van der Waals surface area contributed by atoms with Gasteiger partial charge in [0.25, 0.3) is 0 Å². The summed E-state index contributed by atoms with van der Waals surface area (Å²) in [4.78, 5) is 11.0. The van der Waals surface area contributed by atoms with E-state index in [1.54, 1.807) is 12.4 Å². The van der Waals surface area contributed by atoms with E-state index in [9.17, 15) is 0 Å². The van der Waals surface area contributed by atoms with Crippen LogP contribution in [0.1, 0.15) is 30.3 Å². The van der Waals surface area contributed by atoms with Crippen LogP contribution in [-0.4, -0.2) is 36.3 Å². The van der Waals surface area contributed by atoms with Gasteiger partial charge in [-0.1, -0.05) is 5.16 Å². The Balaban J connectivity index is 1.50. The Bertz CT molecular complexity index is 781. The minimum atomic E-state index is 0.373. The largest absolute Gasteiger partial charge is 0.338 e. The lowest BCUT2D eigenvalue weighted by molar-refractivity contribution is 0.212. The number of hydrogen-bond donors (Lipinski definition) is 0. The molecule has 3 aromatic rings. The fraction of sp³-hybridized carbons (Fsp3) is 0.375. The molecule has 0 saturated carbocycles. The number of likely N-dealkylation sites (tertiary alicyclic amines) is 1. The van der Waals surface area contributed by atoms with E-state index in [-0.39, 0.29) is 0 Å². The minimum Gasteiger partial charge on any atom is -0.338 e. The van der Waals surface area contributed by atoms with E-state index in [4.69, 9.17) is 4.52 Å². The van der Waals surface area contributed by atoms with E-state index >= 15 is 0 Å². The van der Waals surface area contributed by atoms with Crippen LogP contribution in [0.2, 0.25) is 0 Å². The fourth-order valence-electron chi connectivity index (χ4n) is 3.11. The normalized spacial score (nSPS) is 18.6. The van der Waals surface area contributed by atoms with Gasteiger partial charge >= 0.3 is 0 Å². The van der Waals surface area contributed by atoms with E-state index < -0.39 is 0 Å². The molecule has 1 atom stereocenters. The third kappa shape index (κ3) is 2.87. The second-order valence-corrected chi connectivity index (χ2v) is 5.83. The maximum atomic E-state index is 5.42. The maximum Gasteiger partial charge on any atom is 0.241 e. The van der Waals surface area contributed by atoms with Crippen molar-refractivity contribution in [2.45, 2.75) is 25.4 Å². The highest BCUT2D eigenvalue weighted by molar-refractivity contribution is 5.51. The van der Waals surface area contributed by atoms with Crippen molar-refractivity contribution in [3.05, 3.63) is 48.4 Å². The Morgan fingerprint density at radius 2 is 2.30 bits per heavy atom. The first kappa shape index (κ1) is 14.1. The monoisotopic (exact) mass is 310 g/mol. The summed E-state index contributed by atoms with van der Waals surface area (Å²) >= 11 is 0. The molecule has 7 nitrogen and oxygen atoms in total. The van der Waals surface area contributed by atoms with Crippen molar-refractivity contribution >= 4 is 0 Å². The summed E-state index contributed by atoms with van der Waals surface area (Å²) in [5.41, 5.74) is 2.12. The molecule has 0 N–H and O–H groups in total. The molecule has 1 aliphatic rings. The van der Waals surface area contributed by atoms with Crippen LogP contribution in [0.25, 0.3) is 11.4 Å².